The third-order valence-corrected chi connectivity index (χ3v) is 9.59. The molecule has 5 fully saturated rings. The van der Waals surface area contributed by atoms with Crippen molar-refractivity contribution in [3.05, 3.63) is 39.1 Å². The quantitative estimate of drug-likeness (QED) is 0.718. The highest BCUT2D eigenvalue weighted by Gasteiger charge is 2.59. The summed E-state index contributed by atoms with van der Waals surface area (Å²) in [5, 5.41) is 2.83. The first-order valence-corrected chi connectivity index (χ1v) is 13.1. The summed E-state index contributed by atoms with van der Waals surface area (Å²) in [6.07, 6.45) is 7.58. The Kier molecular flexibility index (Phi) is 5.09. The van der Waals surface area contributed by atoms with Crippen LogP contribution in [0.2, 0.25) is 0 Å². The molecule has 2 aromatic rings. The van der Waals surface area contributed by atoms with Crippen LogP contribution < -0.4 is 11.3 Å². The normalized spacial score (nSPS) is 33.9. The molecular formula is C25H30N4O4S. The molecule has 0 aromatic carbocycles. The van der Waals surface area contributed by atoms with E-state index in [1.807, 2.05) is 16.3 Å². The second-order valence-corrected chi connectivity index (χ2v) is 11.6. The highest BCUT2D eigenvalue weighted by Crippen LogP contribution is 2.60. The van der Waals surface area contributed by atoms with Gasteiger partial charge >= 0.3 is 6.09 Å². The number of ether oxygens (including phenoxy) is 1. The molecule has 3 atom stereocenters. The summed E-state index contributed by atoms with van der Waals surface area (Å²) in [4.78, 5) is 44.2. The molecule has 0 spiro atoms. The van der Waals surface area contributed by atoms with Crippen molar-refractivity contribution >= 4 is 23.3 Å². The maximum atomic E-state index is 13.3. The SMILES string of the molecule is Cn1ccc(-c2csc([C@H]3CCCN3C(=O)OC3C4CC5CC3CC(C(N)=O)(C5)C4)n2)cc1=O. The lowest BCUT2D eigenvalue weighted by Crippen LogP contribution is -2.59. The molecule has 5 aliphatic rings. The number of hydrogen-bond acceptors (Lipinski definition) is 6. The van der Waals surface area contributed by atoms with Crippen LogP contribution in [0, 0.1) is 23.2 Å². The van der Waals surface area contributed by atoms with E-state index in [2.05, 4.69) is 0 Å². The van der Waals surface area contributed by atoms with Crippen LogP contribution in [0.5, 0.6) is 0 Å². The molecule has 4 aliphatic carbocycles. The van der Waals surface area contributed by atoms with Gasteiger partial charge in [-0.2, -0.15) is 0 Å². The fourth-order valence-electron chi connectivity index (χ4n) is 7.18. The van der Waals surface area contributed by atoms with E-state index in [4.69, 9.17) is 15.5 Å². The lowest BCUT2D eigenvalue weighted by atomic mass is 9.48. The van der Waals surface area contributed by atoms with Gasteiger partial charge in [-0.3, -0.25) is 14.5 Å². The zero-order valence-corrected chi connectivity index (χ0v) is 20.1. The molecule has 3 heterocycles. The van der Waals surface area contributed by atoms with Crippen molar-refractivity contribution in [3.63, 3.8) is 0 Å². The van der Waals surface area contributed by atoms with Crippen molar-refractivity contribution in [2.75, 3.05) is 6.54 Å². The van der Waals surface area contributed by atoms with E-state index < -0.39 is 0 Å². The molecule has 2 aromatic heterocycles. The summed E-state index contributed by atoms with van der Waals surface area (Å²) in [5.74, 6) is 0.821. The largest absolute Gasteiger partial charge is 0.445 e. The molecule has 0 radical (unpaired) electrons. The van der Waals surface area contributed by atoms with Gasteiger partial charge in [-0.15, -0.1) is 11.3 Å². The third kappa shape index (κ3) is 3.47. The van der Waals surface area contributed by atoms with Crippen LogP contribution in [0.15, 0.2) is 28.5 Å². The fraction of sp³-hybridized carbons (Fsp3) is 0.600. The van der Waals surface area contributed by atoms with Crippen LogP contribution in [0.25, 0.3) is 11.3 Å². The number of aromatic nitrogens is 2. The third-order valence-electron chi connectivity index (χ3n) is 8.64. The summed E-state index contributed by atoms with van der Waals surface area (Å²) in [5.41, 5.74) is 6.89. The van der Waals surface area contributed by atoms with Crippen LogP contribution in [-0.4, -0.2) is 39.1 Å². The van der Waals surface area contributed by atoms with Crippen LogP contribution >= 0.6 is 11.3 Å². The van der Waals surface area contributed by atoms with Gasteiger partial charge in [-0.05, 0) is 68.8 Å². The average molecular weight is 483 g/mol. The molecule has 8 nitrogen and oxygen atoms in total. The number of carbonyl (C=O) groups is 2. The van der Waals surface area contributed by atoms with Crippen LogP contribution in [-0.2, 0) is 16.6 Å². The highest BCUT2D eigenvalue weighted by molar-refractivity contribution is 7.10. The Labute approximate surface area is 202 Å². The zero-order chi connectivity index (χ0) is 23.6. The lowest BCUT2D eigenvalue weighted by Gasteiger charge is -2.58. The lowest BCUT2D eigenvalue weighted by molar-refractivity contribution is -0.161. The number of likely N-dealkylation sites (tertiary alicyclic amines) is 1. The Morgan fingerprint density at radius 2 is 2.00 bits per heavy atom. The number of rotatable bonds is 4. The van der Waals surface area contributed by atoms with Crippen LogP contribution in [0.4, 0.5) is 4.79 Å². The number of nitrogens with two attached hydrogens (primary N) is 1. The second kappa shape index (κ2) is 7.93. The molecule has 2 N–H and O–H groups in total. The summed E-state index contributed by atoms with van der Waals surface area (Å²) in [6, 6.07) is 3.36. The molecule has 180 valence electrons. The van der Waals surface area contributed by atoms with Gasteiger partial charge in [0, 0.05) is 36.8 Å². The Morgan fingerprint density at radius 1 is 1.24 bits per heavy atom. The number of thiazole rings is 1. The maximum Gasteiger partial charge on any atom is 0.410 e. The molecule has 34 heavy (non-hydrogen) atoms. The number of nitrogens with zero attached hydrogens (tertiary/aromatic N) is 3. The number of hydrogen-bond donors (Lipinski definition) is 1. The van der Waals surface area contributed by atoms with Gasteiger partial charge in [-0.25, -0.2) is 9.78 Å². The first kappa shape index (κ1) is 21.8. The number of carbonyl (C=O) groups excluding carboxylic acids is 2. The van der Waals surface area contributed by atoms with E-state index in [0.29, 0.717) is 12.5 Å². The van der Waals surface area contributed by atoms with Crippen LogP contribution in [0.3, 0.4) is 0 Å². The monoisotopic (exact) mass is 482 g/mol. The fourth-order valence-corrected chi connectivity index (χ4v) is 8.15. The number of pyridine rings is 1. The van der Waals surface area contributed by atoms with E-state index in [0.717, 1.165) is 61.2 Å². The Hall–Kier alpha value is -2.68. The second-order valence-electron chi connectivity index (χ2n) is 10.7. The number of primary amides is 1. The first-order chi connectivity index (χ1) is 16.3. The summed E-state index contributed by atoms with van der Waals surface area (Å²) in [7, 11) is 1.72. The predicted molar refractivity (Wildman–Crippen MR) is 127 cm³/mol. The minimum absolute atomic E-state index is 0.0769. The summed E-state index contributed by atoms with van der Waals surface area (Å²) < 4.78 is 7.70. The zero-order valence-electron chi connectivity index (χ0n) is 19.3. The first-order valence-electron chi connectivity index (χ1n) is 12.2. The van der Waals surface area contributed by atoms with E-state index in [9.17, 15) is 14.4 Å². The Morgan fingerprint density at radius 3 is 2.71 bits per heavy atom. The van der Waals surface area contributed by atoms with E-state index in [-0.39, 0.29) is 47.0 Å². The van der Waals surface area contributed by atoms with Crippen molar-refractivity contribution in [1.29, 1.82) is 0 Å². The van der Waals surface area contributed by atoms with Gasteiger partial charge in [0.15, 0.2) is 0 Å². The Bertz CT molecular complexity index is 1190. The van der Waals surface area contributed by atoms with Crippen molar-refractivity contribution in [2.45, 2.75) is 57.1 Å². The van der Waals surface area contributed by atoms with E-state index >= 15 is 0 Å². The van der Waals surface area contributed by atoms with E-state index in [1.165, 1.54) is 15.9 Å². The molecule has 9 heteroatoms. The average Bonchev–Trinajstić information content (AvgIpc) is 3.47. The minimum atomic E-state index is -0.384. The molecule has 2 amide bonds. The van der Waals surface area contributed by atoms with Gasteiger partial charge in [0.2, 0.25) is 5.91 Å². The number of amides is 2. The summed E-state index contributed by atoms with van der Waals surface area (Å²) >= 11 is 1.52. The minimum Gasteiger partial charge on any atom is -0.445 e. The topological polar surface area (TPSA) is 108 Å². The molecule has 4 saturated carbocycles. The standard InChI is InChI=1S/C25H30N4O4S/c1-28-6-4-15(9-20(28)30)18-13-34-22(27-18)19-3-2-5-29(19)24(32)33-21-16-7-14-8-17(21)12-25(10-14,11-16)23(26)31/h4,6,9,13-14,16-17,19,21H,2-3,5,7-8,10-12H2,1H3,(H2,26,31)/t14?,16?,17?,19-,21?,25?/m1/s1. The van der Waals surface area contributed by atoms with Crippen molar-refractivity contribution in [3.8, 4) is 11.3 Å². The van der Waals surface area contributed by atoms with Gasteiger partial charge in [0.1, 0.15) is 11.1 Å². The molecule has 2 unspecified atom stereocenters. The molecule has 7 rings (SSSR count). The van der Waals surface area contributed by atoms with Gasteiger partial charge < -0.3 is 15.0 Å². The molecular weight excluding hydrogens is 452 g/mol. The van der Waals surface area contributed by atoms with Gasteiger partial charge in [0.25, 0.3) is 5.56 Å². The molecule has 1 saturated heterocycles. The van der Waals surface area contributed by atoms with Gasteiger partial charge in [0.05, 0.1) is 17.2 Å². The molecule has 4 bridgehead atoms. The molecule has 1 aliphatic heterocycles. The van der Waals surface area contributed by atoms with Gasteiger partial charge in [-0.1, -0.05) is 0 Å². The predicted octanol–water partition coefficient (Wildman–Crippen LogP) is 3.46. The summed E-state index contributed by atoms with van der Waals surface area (Å²) in [6.45, 7) is 0.653. The smallest absolute Gasteiger partial charge is 0.410 e. The number of aryl methyl sites for hydroxylation is 1. The van der Waals surface area contributed by atoms with Crippen molar-refractivity contribution < 1.29 is 14.3 Å². The van der Waals surface area contributed by atoms with Crippen molar-refractivity contribution in [1.82, 2.24) is 14.5 Å². The van der Waals surface area contributed by atoms with Crippen molar-refractivity contribution in [2.24, 2.45) is 36.0 Å². The maximum absolute atomic E-state index is 13.3. The highest BCUT2D eigenvalue weighted by atomic mass is 32.1. The van der Waals surface area contributed by atoms with E-state index in [1.54, 1.807) is 19.3 Å². The Balaban J connectivity index is 1.18. The van der Waals surface area contributed by atoms with Crippen LogP contribution in [0.1, 0.15) is 56.0 Å².